The summed E-state index contributed by atoms with van der Waals surface area (Å²) < 4.78 is 0. The molecule has 4 aromatic rings. The summed E-state index contributed by atoms with van der Waals surface area (Å²) in [6.45, 7) is 4.51. The fourth-order valence-electron chi connectivity index (χ4n) is 4.89. The van der Waals surface area contributed by atoms with Crippen LogP contribution in [0.15, 0.2) is 109 Å². The molecule has 4 aromatic carbocycles. The van der Waals surface area contributed by atoms with E-state index in [1.165, 1.54) is 38.4 Å². The topological polar surface area (TPSA) is 0 Å². The number of fused-ring (bicyclic) bond motifs is 1. The number of allylic oxidation sites excluding steroid dienone is 1. The molecule has 0 radical (unpaired) electrons. The lowest BCUT2D eigenvalue weighted by molar-refractivity contribution is 0.813. The van der Waals surface area contributed by atoms with Crippen LogP contribution in [0.4, 0.5) is 0 Å². The van der Waals surface area contributed by atoms with Gasteiger partial charge in [-0.05, 0) is 60.2 Å². The van der Waals surface area contributed by atoms with Crippen molar-refractivity contribution in [2.45, 2.75) is 25.4 Å². The second-order valence-corrected chi connectivity index (χ2v) is 10.6. The Hall–Kier alpha value is -2.95. The highest BCUT2D eigenvalue weighted by atomic mass is 31.1. The van der Waals surface area contributed by atoms with Gasteiger partial charge in [-0.15, -0.1) is 0 Å². The molecule has 1 aliphatic carbocycles. The highest BCUT2D eigenvalue weighted by Crippen LogP contribution is 2.59. The summed E-state index contributed by atoms with van der Waals surface area (Å²) in [5.41, 5.74) is 7.49. The average molecular weight is 419 g/mol. The van der Waals surface area contributed by atoms with E-state index in [9.17, 15) is 0 Å². The summed E-state index contributed by atoms with van der Waals surface area (Å²) in [4.78, 5) is 0. The largest absolute Gasteiger partial charge is 0.0754 e. The Kier molecular flexibility index (Phi) is 5.58. The van der Waals surface area contributed by atoms with Gasteiger partial charge in [-0.1, -0.05) is 115 Å². The normalized spacial score (nSPS) is 15.8. The molecule has 152 valence electrons. The first-order chi connectivity index (χ1) is 15.2. The summed E-state index contributed by atoms with van der Waals surface area (Å²) in [7, 11) is -0.599. The second-order valence-electron chi connectivity index (χ2n) is 8.31. The van der Waals surface area contributed by atoms with E-state index in [1.54, 1.807) is 0 Å². The Labute approximate surface area is 187 Å². The van der Waals surface area contributed by atoms with Gasteiger partial charge in [-0.3, -0.25) is 0 Å². The molecule has 0 bridgehead atoms. The predicted molar refractivity (Wildman–Crippen MR) is 136 cm³/mol. The minimum Gasteiger partial charge on any atom is -0.0754 e. The van der Waals surface area contributed by atoms with Crippen molar-refractivity contribution in [3.63, 3.8) is 0 Å². The lowest BCUT2D eigenvalue weighted by Gasteiger charge is -2.34. The Bertz CT molecular complexity index is 1150. The predicted octanol–water partition coefficient (Wildman–Crippen LogP) is 7.29. The van der Waals surface area contributed by atoms with E-state index in [-0.39, 0.29) is 0 Å². The molecule has 5 rings (SSSR count). The molecule has 0 saturated heterocycles. The smallest absolute Gasteiger partial charge is 0.0226 e. The summed E-state index contributed by atoms with van der Waals surface area (Å²) in [5.74, 6) is 0.365. The van der Waals surface area contributed by atoms with Crippen LogP contribution < -0.4 is 10.6 Å². The van der Waals surface area contributed by atoms with Crippen LogP contribution in [0, 0.1) is 13.8 Å². The zero-order chi connectivity index (χ0) is 21.2. The number of rotatable bonds is 5. The summed E-state index contributed by atoms with van der Waals surface area (Å²) in [6.07, 6.45) is 4.82. The molecule has 0 fully saturated rings. The van der Waals surface area contributed by atoms with Crippen LogP contribution in [0.25, 0.3) is 6.08 Å². The third-order valence-corrected chi connectivity index (χ3v) is 9.24. The molecular formula is C30H27P. The first-order valence-corrected chi connectivity index (χ1v) is 12.4. The SMILES string of the molecule is Cc1ccc(C)c2c1C=CC2C(c1ccccc1)P(c1ccccc1)c1ccccc1. The zero-order valence-corrected chi connectivity index (χ0v) is 19.0. The fourth-order valence-corrected chi connectivity index (χ4v) is 7.86. The van der Waals surface area contributed by atoms with Gasteiger partial charge >= 0.3 is 0 Å². The maximum absolute atomic E-state index is 2.46. The van der Waals surface area contributed by atoms with E-state index < -0.39 is 7.92 Å². The van der Waals surface area contributed by atoms with E-state index >= 15 is 0 Å². The van der Waals surface area contributed by atoms with Crippen LogP contribution in [0.1, 0.15) is 39.4 Å². The molecule has 0 heterocycles. The summed E-state index contributed by atoms with van der Waals surface area (Å²) in [6, 6.07) is 38.0. The molecule has 1 aliphatic rings. The van der Waals surface area contributed by atoms with Gasteiger partial charge in [0.05, 0.1) is 0 Å². The molecule has 0 N–H and O–H groups in total. The third kappa shape index (κ3) is 3.78. The molecule has 2 atom stereocenters. The number of hydrogen-bond acceptors (Lipinski definition) is 0. The van der Waals surface area contributed by atoms with Crippen LogP contribution in [-0.4, -0.2) is 0 Å². The highest BCUT2D eigenvalue weighted by Gasteiger charge is 2.36. The quantitative estimate of drug-likeness (QED) is 0.299. The summed E-state index contributed by atoms with van der Waals surface area (Å²) in [5, 5.41) is 2.87. The van der Waals surface area contributed by atoms with Crippen LogP contribution in [0.3, 0.4) is 0 Å². The lowest BCUT2D eigenvalue weighted by atomic mass is 9.88. The van der Waals surface area contributed by atoms with Crippen molar-refractivity contribution in [3.05, 3.63) is 137 Å². The average Bonchev–Trinajstić information content (AvgIpc) is 3.27. The molecule has 0 saturated carbocycles. The van der Waals surface area contributed by atoms with Crippen LogP contribution in [0.2, 0.25) is 0 Å². The van der Waals surface area contributed by atoms with Gasteiger partial charge < -0.3 is 0 Å². The van der Waals surface area contributed by atoms with Crippen molar-refractivity contribution in [1.29, 1.82) is 0 Å². The monoisotopic (exact) mass is 418 g/mol. The van der Waals surface area contributed by atoms with Crippen molar-refractivity contribution in [3.8, 4) is 0 Å². The van der Waals surface area contributed by atoms with Crippen molar-refractivity contribution >= 4 is 24.6 Å². The zero-order valence-electron chi connectivity index (χ0n) is 18.1. The Morgan fingerprint density at radius 2 is 1.13 bits per heavy atom. The molecule has 31 heavy (non-hydrogen) atoms. The van der Waals surface area contributed by atoms with Crippen molar-refractivity contribution < 1.29 is 0 Å². The van der Waals surface area contributed by atoms with Crippen LogP contribution >= 0.6 is 7.92 Å². The van der Waals surface area contributed by atoms with Crippen LogP contribution in [-0.2, 0) is 0 Å². The molecule has 0 spiro atoms. The van der Waals surface area contributed by atoms with Crippen molar-refractivity contribution in [2.75, 3.05) is 0 Å². The van der Waals surface area contributed by atoms with Gasteiger partial charge in [0.25, 0.3) is 0 Å². The molecule has 0 nitrogen and oxygen atoms in total. The lowest BCUT2D eigenvalue weighted by Crippen LogP contribution is -2.21. The maximum Gasteiger partial charge on any atom is 0.0226 e. The van der Waals surface area contributed by atoms with Gasteiger partial charge in [0, 0.05) is 11.6 Å². The van der Waals surface area contributed by atoms with E-state index in [0.717, 1.165) is 0 Å². The fraction of sp³-hybridized carbons (Fsp3) is 0.133. The van der Waals surface area contributed by atoms with Crippen molar-refractivity contribution in [2.24, 2.45) is 0 Å². The van der Waals surface area contributed by atoms with Gasteiger partial charge in [-0.25, -0.2) is 0 Å². The molecule has 0 aliphatic heterocycles. The Balaban J connectivity index is 1.75. The minimum absolute atomic E-state index is 0.365. The molecule has 0 aromatic heterocycles. The second kappa shape index (κ2) is 8.66. The maximum atomic E-state index is 2.46. The Morgan fingerprint density at radius 1 is 0.613 bits per heavy atom. The number of benzene rings is 4. The van der Waals surface area contributed by atoms with E-state index in [0.29, 0.717) is 11.6 Å². The van der Waals surface area contributed by atoms with Gasteiger partial charge in [0.15, 0.2) is 0 Å². The van der Waals surface area contributed by atoms with E-state index in [2.05, 4.69) is 129 Å². The van der Waals surface area contributed by atoms with E-state index in [1.807, 2.05) is 0 Å². The van der Waals surface area contributed by atoms with Gasteiger partial charge in [-0.2, -0.15) is 0 Å². The van der Waals surface area contributed by atoms with E-state index in [4.69, 9.17) is 0 Å². The van der Waals surface area contributed by atoms with Crippen molar-refractivity contribution in [1.82, 2.24) is 0 Å². The van der Waals surface area contributed by atoms with Crippen LogP contribution in [0.5, 0.6) is 0 Å². The highest BCUT2D eigenvalue weighted by molar-refractivity contribution is 7.73. The van der Waals surface area contributed by atoms with Gasteiger partial charge in [0.1, 0.15) is 0 Å². The summed E-state index contributed by atoms with van der Waals surface area (Å²) >= 11 is 0. The third-order valence-electron chi connectivity index (χ3n) is 6.35. The standard InChI is InChI=1S/C30H27P/c1-22-18-19-23(2)29-27(22)20-21-28(29)30(24-12-6-3-7-13-24)31(25-14-8-4-9-15-25)26-16-10-5-11-17-26/h3-21,28,30H,1-2H3. The Morgan fingerprint density at radius 3 is 1.71 bits per heavy atom. The molecular weight excluding hydrogens is 391 g/mol. The van der Waals surface area contributed by atoms with Gasteiger partial charge in [0.2, 0.25) is 0 Å². The number of hydrogen-bond donors (Lipinski definition) is 0. The first kappa shape index (κ1) is 20.0. The molecule has 2 unspecified atom stereocenters. The first-order valence-electron chi connectivity index (χ1n) is 11.0. The minimum atomic E-state index is -0.599. The molecule has 1 heteroatoms. The number of aryl methyl sites for hydroxylation is 2. The molecule has 0 amide bonds.